The largest absolute Gasteiger partial charge is 0.379 e. The molecular weight excluding hydrogens is 363 g/mol. The topological polar surface area (TPSA) is 53.1 Å². The molecule has 0 saturated carbocycles. The second-order valence-corrected chi connectivity index (χ2v) is 6.60. The Kier molecular flexibility index (Phi) is 6.33. The second kappa shape index (κ2) is 8.71. The van der Waals surface area contributed by atoms with Gasteiger partial charge in [-0.05, 0) is 12.1 Å². The number of piperazine rings is 1. The van der Waals surface area contributed by atoms with Gasteiger partial charge in [-0.1, -0.05) is 0 Å². The molecule has 1 aromatic carbocycles. The molecule has 0 N–H and O–H groups in total. The zero-order valence-corrected chi connectivity index (χ0v) is 14.9. The Morgan fingerprint density at radius 1 is 0.889 bits per heavy atom. The molecule has 0 aromatic heterocycles. The Morgan fingerprint density at radius 3 is 2.19 bits per heavy atom. The molecule has 9 heteroatoms. The number of amides is 2. The summed E-state index contributed by atoms with van der Waals surface area (Å²) < 4.78 is 45.4. The Bertz CT molecular complexity index is 703. The van der Waals surface area contributed by atoms with Gasteiger partial charge in [-0.25, -0.2) is 13.2 Å². The molecule has 0 bridgehead atoms. The van der Waals surface area contributed by atoms with E-state index in [1.54, 1.807) is 4.90 Å². The number of hydrogen-bond donors (Lipinski definition) is 0. The van der Waals surface area contributed by atoms with Gasteiger partial charge in [-0.3, -0.25) is 14.5 Å². The smallest absolute Gasteiger partial charge is 0.257 e. The van der Waals surface area contributed by atoms with Crippen molar-refractivity contribution in [3.8, 4) is 0 Å². The number of morpholine rings is 1. The lowest BCUT2D eigenvalue weighted by molar-refractivity contribution is -0.133. The average molecular weight is 385 g/mol. The molecule has 0 radical (unpaired) electrons. The first kappa shape index (κ1) is 19.6. The van der Waals surface area contributed by atoms with Crippen LogP contribution < -0.4 is 0 Å². The van der Waals surface area contributed by atoms with Crippen molar-refractivity contribution in [3.63, 3.8) is 0 Å². The predicted octanol–water partition coefficient (Wildman–Crippen LogP) is 1.11. The fourth-order valence-corrected chi connectivity index (χ4v) is 3.26. The maximum absolute atomic E-state index is 13.8. The third-order valence-corrected chi connectivity index (χ3v) is 4.93. The van der Waals surface area contributed by atoms with Crippen molar-refractivity contribution in [1.29, 1.82) is 0 Å². The molecular formula is C18H22F3N3O3. The van der Waals surface area contributed by atoms with Crippen molar-refractivity contribution >= 4 is 11.8 Å². The zero-order valence-electron chi connectivity index (χ0n) is 14.9. The standard InChI is InChI=1S/C18H22F3N3O3/c19-14-2-1-13(16(20)17(14)21)18(26)24-7-5-23(6-8-24)15(25)3-4-22-9-11-27-12-10-22/h1-2H,3-12H2. The van der Waals surface area contributed by atoms with E-state index < -0.39 is 28.9 Å². The van der Waals surface area contributed by atoms with Gasteiger partial charge >= 0.3 is 0 Å². The van der Waals surface area contributed by atoms with E-state index in [4.69, 9.17) is 4.74 Å². The minimum absolute atomic E-state index is 0.00704. The summed E-state index contributed by atoms with van der Waals surface area (Å²) in [5.74, 6) is -5.17. The first-order valence-electron chi connectivity index (χ1n) is 8.98. The second-order valence-electron chi connectivity index (χ2n) is 6.60. The Morgan fingerprint density at radius 2 is 1.52 bits per heavy atom. The van der Waals surface area contributed by atoms with E-state index in [2.05, 4.69) is 4.90 Å². The highest BCUT2D eigenvalue weighted by molar-refractivity contribution is 5.94. The maximum atomic E-state index is 13.8. The molecule has 1 aromatic rings. The third-order valence-electron chi connectivity index (χ3n) is 4.93. The molecule has 0 aliphatic carbocycles. The minimum atomic E-state index is -1.65. The number of halogens is 3. The lowest BCUT2D eigenvalue weighted by Crippen LogP contribution is -2.51. The van der Waals surface area contributed by atoms with Crippen LogP contribution in [-0.2, 0) is 9.53 Å². The highest BCUT2D eigenvalue weighted by atomic mass is 19.2. The quantitative estimate of drug-likeness (QED) is 0.729. The summed E-state index contributed by atoms with van der Waals surface area (Å²) >= 11 is 0. The van der Waals surface area contributed by atoms with Gasteiger partial charge in [-0.15, -0.1) is 0 Å². The third kappa shape index (κ3) is 4.59. The summed E-state index contributed by atoms with van der Waals surface area (Å²) in [4.78, 5) is 29.9. The number of rotatable bonds is 4. The summed E-state index contributed by atoms with van der Waals surface area (Å²) in [7, 11) is 0. The predicted molar refractivity (Wildman–Crippen MR) is 90.7 cm³/mol. The SMILES string of the molecule is O=C(CCN1CCOCC1)N1CCN(C(=O)c2ccc(F)c(F)c2F)CC1. The van der Waals surface area contributed by atoms with Gasteiger partial charge in [0.15, 0.2) is 17.5 Å². The Labute approximate surface area is 155 Å². The van der Waals surface area contributed by atoms with Gasteiger partial charge in [-0.2, -0.15) is 0 Å². The van der Waals surface area contributed by atoms with Crippen molar-refractivity contribution in [2.75, 3.05) is 59.0 Å². The number of ether oxygens (including phenoxy) is 1. The fourth-order valence-electron chi connectivity index (χ4n) is 3.26. The first-order chi connectivity index (χ1) is 13.0. The normalized spacial score (nSPS) is 18.6. The number of carbonyl (C=O) groups excluding carboxylic acids is 2. The number of nitrogens with zero attached hydrogens (tertiary/aromatic N) is 3. The first-order valence-corrected chi connectivity index (χ1v) is 8.98. The molecule has 3 rings (SSSR count). The van der Waals surface area contributed by atoms with Crippen molar-refractivity contribution < 1.29 is 27.5 Å². The summed E-state index contributed by atoms with van der Waals surface area (Å²) in [6, 6.07) is 1.67. The fraction of sp³-hybridized carbons (Fsp3) is 0.556. The van der Waals surface area contributed by atoms with E-state index in [1.807, 2.05) is 0 Å². The van der Waals surface area contributed by atoms with E-state index in [-0.39, 0.29) is 19.0 Å². The van der Waals surface area contributed by atoms with Gasteiger partial charge in [0.25, 0.3) is 5.91 Å². The molecule has 2 aliphatic rings. The van der Waals surface area contributed by atoms with Crippen LogP contribution in [0, 0.1) is 17.5 Å². The average Bonchev–Trinajstić information content (AvgIpc) is 2.71. The lowest BCUT2D eigenvalue weighted by atomic mass is 10.1. The van der Waals surface area contributed by atoms with Crippen LogP contribution in [0.25, 0.3) is 0 Å². The molecule has 0 atom stereocenters. The summed E-state index contributed by atoms with van der Waals surface area (Å²) in [5.41, 5.74) is -0.499. The highest BCUT2D eigenvalue weighted by Gasteiger charge is 2.28. The van der Waals surface area contributed by atoms with Gasteiger partial charge in [0.1, 0.15) is 0 Å². The Balaban J connectivity index is 1.50. The number of carbonyl (C=O) groups is 2. The van der Waals surface area contributed by atoms with Crippen molar-refractivity contribution in [3.05, 3.63) is 35.1 Å². The van der Waals surface area contributed by atoms with Crippen LogP contribution in [-0.4, -0.2) is 85.5 Å². The molecule has 2 heterocycles. The van der Waals surface area contributed by atoms with E-state index in [0.717, 1.165) is 25.2 Å². The highest BCUT2D eigenvalue weighted by Crippen LogP contribution is 2.18. The molecule has 2 saturated heterocycles. The molecule has 0 unspecified atom stereocenters. The molecule has 27 heavy (non-hydrogen) atoms. The summed E-state index contributed by atoms with van der Waals surface area (Å²) in [5, 5.41) is 0. The Hall–Kier alpha value is -2.13. The van der Waals surface area contributed by atoms with Crippen LogP contribution >= 0.6 is 0 Å². The van der Waals surface area contributed by atoms with Gasteiger partial charge < -0.3 is 14.5 Å². The van der Waals surface area contributed by atoms with E-state index in [0.29, 0.717) is 39.3 Å². The van der Waals surface area contributed by atoms with Crippen LogP contribution in [0.3, 0.4) is 0 Å². The molecule has 2 aliphatic heterocycles. The molecule has 2 amide bonds. The lowest BCUT2D eigenvalue weighted by Gasteiger charge is -2.35. The van der Waals surface area contributed by atoms with Crippen molar-refractivity contribution in [1.82, 2.24) is 14.7 Å². The van der Waals surface area contributed by atoms with E-state index in [1.165, 1.54) is 4.90 Å². The van der Waals surface area contributed by atoms with Gasteiger partial charge in [0, 0.05) is 52.2 Å². The van der Waals surface area contributed by atoms with E-state index in [9.17, 15) is 22.8 Å². The van der Waals surface area contributed by atoms with E-state index >= 15 is 0 Å². The number of hydrogen-bond acceptors (Lipinski definition) is 4. The summed E-state index contributed by atoms with van der Waals surface area (Å²) in [6.07, 6.45) is 0.395. The minimum Gasteiger partial charge on any atom is -0.379 e. The monoisotopic (exact) mass is 385 g/mol. The van der Waals surface area contributed by atoms with Crippen molar-refractivity contribution in [2.24, 2.45) is 0 Å². The van der Waals surface area contributed by atoms with Crippen LogP contribution in [0.15, 0.2) is 12.1 Å². The molecule has 2 fully saturated rings. The van der Waals surface area contributed by atoms with Gasteiger partial charge in [0.2, 0.25) is 5.91 Å². The molecule has 6 nitrogen and oxygen atoms in total. The van der Waals surface area contributed by atoms with Gasteiger partial charge in [0.05, 0.1) is 18.8 Å². The van der Waals surface area contributed by atoms with Crippen LogP contribution in [0.2, 0.25) is 0 Å². The van der Waals surface area contributed by atoms with Crippen molar-refractivity contribution in [2.45, 2.75) is 6.42 Å². The van der Waals surface area contributed by atoms with Crippen LogP contribution in [0.4, 0.5) is 13.2 Å². The molecule has 148 valence electrons. The maximum Gasteiger partial charge on any atom is 0.257 e. The molecule has 0 spiro atoms. The van der Waals surface area contributed by atoms with Crippen LogP contribution in [0.5, 0.6) is 0 Å². The van der Waals surface area contributed by atoms with Crippen LogP contribution in [0.1, 0.15) is 16.8 Å². The zero-order chi connectivity index (χ0) is 19.4. The summed E-state index contributed by atoms with van der Waals surface area (Å²) in [6.45, 7) is 4.76. The number of benzene rings is 1.